The first-order valence-electron chi connectivity index (χ1n) is 19.8. The van der Waals surface area contributed by atoms with E-state index >= 15 is 0 Å². The van der Waals surface area contributed by atoms with Gasteiger partial charge in [-0.15, -0.1) is 0 Å². The molecule has 3 saturated heterocycles. The second kappa shape index (κ2) is 16.0. The highest BCUT2D eigenvalue weighted by Gasteiger charge is 2.62. The van der Waals surface area contributed by atoms with E-state index in [1.807, 2.05) is 25.2 Å². The van der Waals surface area contributed by atoms with Crippen LogP contribution in [0.1, 0.15) is 101 Å². The highest BCUT2D eigenvalue weighted by molar-refractivity contribution is 6.74. The third-order valence-electron chi connectivity index (χ3n) is 12.3. The van der Waals surface area contributed by atoms with Gasteiger partial charge in [0, 0.05) is 25.2 Å². The normalized spacial score (nSPS) is 40.9. The molecule has 0 radical (unpaired) electrons. The van der Waals surface area contributed by atoms with Crippen molar-refractivity contribution in [1.82, 2.24) is 0 Å². The summed E-state index contributed by atoms with van der Waals surface area (Å²) >= 11 is 0. The molecule has 5 aliphatic rings. The third-order valence-corrected chi connectivity index (χ3v) is 16.8. The maximum absolute atomic E-state index is 14.6. The standard InChI is InChI=1S/C43H67NO8Si/c1-26(2)19-29(5)37-31(7)36(44-47-11)24-42(51-37)23-34-22-33(50-42)18-17-28(4)20-27(3)15-14-16-32-25-48-39-38(52-53(12,13)41(8,9)10)30(6)21-35(40(45)49-34)43(32,39)46/h14-17,19,21,26-27,31,33-35,37-39,46H,18,20,22-25H2,1-13H3/b15-14+,28-17+,29-19+,32-16-,44-36+/t27-,31-,33+,34-,35-,37+,38+,39+,42-,43+/m0/s1. The van der Waals surface area contributed by atoms with Crippen LogP contribution in [-0.2, 0) is 33.0 Å². The molecule has 0 aromatic rings. The van der Waals surface area contributed by atoms with Crippen LogP contribution in [0.4, 0.5) is 0 Å². The Bertz CT molecular complexity index is 1550. The van der Waals surface area contributed by atoms with Gasteiger partial charge in [0.2, 0.25) is 0 Å². The number of fused-ring (bicyclic) bond motifs is 2. The summed E-state index contributed by atoms with van der Waals surface area (Å²) in [7, 11) is -0.724. The minimum Gasteiger partial charge on any atom is -0.462 e. The first-order chi connectivity index (χ1) is 24.7. The maximum Gasteiger partial charge on any atom is 0.316 e. The Balaban J connectivity index is 1.57. The molecule has 0 aromatic carbocycles. The second-order valence-corrected chi connectivity index (χ2v) is 23.1. The zero-order chi connectivity index (χ0) is 39.1. The van der Waals surface area contributed by atoms with Gasteiger partial charge in [0.25, 0.3) is 0 Å². The monoisotopic (exact) mass is 753 g/mol. The average molecular weight is 754 g/mol. The zero-order valence-electron chi connectivity index (χ0n) is 34.7. The Morgan fingerprint density at radius 3 is 2.53 bits per heavy atom. The number of carbonyl (C=O) groups excluding carboxylic acids is 1. The predicted octanol–water partition coefficient (Wildman–Crippen LogP) is 8.76. The summed E-state index contributed by atoms with van der Waals surface area (Å²) in [6.45, 7) is 26.0. The van der Waals surface area contributed by atoms with Gasteiger partial charge in [-0.05, 0) is 80.3 Å². The Kier molecular flexibility index (Phi) is 12.6. The van der Waals surface area contributed by atoms with Gasteiger partial charge >= 0.3 is 5.97 Å². The molecule has 5 rings (SSSR count). The van der Waals surface area contributed by atoms with E-state index in [9.17, 15) is 9.90 Å². The molecular weight excluding hydrogens is 687 g/mol. The van der Waals surface area contributed by atoms with Crippen LogP contribution in [0, 0.1) is 23.7 Å². The molecular formula is C43H67NO8Si. The van der Waals surface area contributed by atoms with Crippen molar-refractivity contribution in [3.05, 3.63) is 58.7 Å². The van der Waals surface area contributed by atoms with E-state index in [0.29, 0.717) is 37.2 Å². The van der Waals surface area contributed by atoms with E-state index in [0.717, 1.165) is 23.3 Å². The van der Waals surface area contributed by atoms with Gasteiger partial charge in [-0.25, -0.2) is 0 Å². The number of nitrogens with zero attached hydrogens (tertiary/aromatic N) is 1. The lowest BCUT2D eigenvalue weighted by Crippen LogP contribution is -2.61. The van der Waals surface area contributed by atoms with E-state index in [1.54, 1.807) is 7.11 Å². The number of aliphatic hydroxyl groups is 1. The highest BCUT2D eigenvalue weighted by Crippen LogP contribution is 2.50. The van der Waals surface area contributed by atoms with Gasteiger partial charge < -0.3 is 33.3 Å². The van der Waals surface area contributed by atoms with Crippen LogP contribution in [0.15, 0.2) is 63.9 Å². The quantitative estimate of drug-likeness (QED) is 0.129. The van der Waals surface area contributed by atoms with Gasteiger partial charge in [0.15, 0.2) is 14.1 Å². The summed E-state index contributed by atoms with van der Waals surface area (Å²) in [5, 5.41) is 17.3. The minimum absolute atomic E-state index is 0.0293. The van der Waals surface area contributed by atoms with Gasteiger partial charge in [-0.3, -0.25) is 4.79 Å². The molecule has 10 heteroatoms. The molecule has 9 nitrogen and oxygen atoms in total. The van der Waals surface area contributed by atoms with Crippen LogP contribution >= 0.6 is 0 Å². The molecule has 10 atom stereocenters. The van der Waals surface area contributed by atoms with Crippen molar-refractivity contribution in [3.63, 3.8) is 0 Å². The van der Waals surface area contributed by atoms with Crippen LogP contribution in [-0.4, -0.2) is 80.7 Å². The van der Waals surface area contributed by atoms with Gasteiger partial charge in [0.05, 0.1) is 30.6 Å². The van der Waals surface area contributed by atoms with E-state index < -0.39 is 49.9 Å². The summed E-state index contributed by atoms with van der Waals surface area (Å²) in [6, 6.07) is 0. The topological polar surface area (TPSA) is 105 Å². The number of hydrogen-bond acceptors (Lipinski definition) is 9. The van der Waals surface area contributed by atoms with Crippen LogP contribution < -0.4 is 0 Å². The largest absolute Gasteiger partial charge is 0.462 e. The number of esters is 1. The molecule has 2 bridgehead atoms. The first kappa shape index (κ1) is 41.8. The zero-order valence-corrected chi connectivity index (χ0v) is 35.7. The fourth-order valence-corrected chi connectivity index (χ4v) is 9.86. The van der Waals surface area contributed by atoms with Crippen LogP contribution in [0.25, 0.3) is 0 Å². The van der Waals surface area contributed by atoms with Crippen molar-refractivity contribution >= 4 is 20.0 Å². The molecule has 0 amide bonds. The summed E-state index contributed by atoms with van der Waals surface area (Å²) in [5.41, 5.74) is 3.09. The van der Waals surface area contributed by atoms with Crippen molar-refractivity contribution in [2.24, 2.45) is 28.8 Å². The third kappa shape index (κ3) is 8.89. The Morgan fingerprint density at radius 2 is 1.87 bits per heavy atom. The highest BCUT2D eigenvalue weighted by atomic mass is 28.4. The molecule has 1 aliphatic carbocycles. The molecule has 4 heterocycles. The lowest BCUT2D eigenvalue weighted by molar-refractivity contribution is -0.313. The van der Waals surface area contributed by atoms with Crippen LogP contribution in [0.5, 0.6) is 0 Å². The van der Waals surface area contributed by atoms with Crippen molar-refractivity contribution < 1.29 is 38.1 Å². The fraction of sp³-hybridized carbons (Fsp3) is 0.721. The molecule has 0 aromatic heterocycles. The van der Waals surface area contributed by atoms with Crippen molar-refractivity contribution in [1.29, 1.82) is 0 Å². The average Bonchev–Trinajstić information content (AvgIpc) is 3.38. The fourth-order valence-electron chi connectivity index (χ4n) is 8.57. The van der Waals surface area contributed by atoms with Crippen LogP contribution in [0.2, 0.25) is 18.1 Å². The minimum atomic E-state index is -2.29. The first-order valence-corrected chi connectivity index (χ1v) is 22.7. The van der Waals surface area contributed by atoms with E-state index in [2.05, 4.69) is 98.8 Å². The number of rotatable bonds is 5. The maximum atomic E-state index is 14.6. The Morgan fingerprint density at radius 1 is 1.15 bits per heavy atom. The summed E-state index contributed by atoms with van der Waals surface area (Å²) in [5.74, 6) is -1.99. The number of hydrogen-bond donors (Lipinski definition) is 1. The van der Waals surface area contributed by atoms with E-state index in [1.165, 1.54) is 5.57 Å². The lowest BCUT2D eigenvalue weighted by atomic mass is 9.71. The van der Waals surface area contributed by atoms with Gasteiger partial charge in [-0.1, -0.05) is 95.7 Å². The predicted molar refractivity (Wildman–Crippen MR) is 212 cm³/mol. The molecule has 0 unspecified atom stereocenters. The molecule has 1 spiro atoms. The molecule has 3 fully saturated rings. The second-order valence-electron chi connectivity index (χ2n) is 18.4. The van der Waals surface area contributed by atoms with Crippen molar-refractivity contribution in [2.75, 3.05) is 13.7 Å². The summed E-state index contributed by atoms with van der Waals surface area (Å²) in [6.07, 6.45) is 12.8. The van der Waals surface area contributed by atoms with Crippen molar-refractivity contribution in [3.8, 4) is 0 Å². The van der Waals surface area contributed by atoms with E-state index in [-0.39, 0.29) is 35.7 Å². The lowest BCUT2D eigenvalue weighted by Gasteiger charge is -2.50. The molecule has 4 aliphatic heterocycles. The summed E-state index contributed by atoms with van der Waals surface area (Å²) in [4.78, 5) is 20.0. The molecule has 0 saturated carbocycles. The Hall–Kier alpha value is -2.34. The molecule has 53 heavy (non-hydrogen) atoms. The SMILES string of the molecule is CO/N=C1\C[C@]2(C[C@@H]3C[C@@H](C/C=C(\C)C[C@@H](C)/C=C/C=C4/CO[C@@H]5[C@H](O[Si](C)(C)C(C)(C)C)C(C)=C[C@@H](C(=O)O3)[C@]45O)O2)O[C@H](/C(C)=C/C(C)C)[C@H]1C. The van der Waals surface area contributed by atoms with Gasteiger partial charge in [-0.2, -0.15) is 0 Å². The van der Waals surface area contributed by atoms with Crippen LogP contribution in [0.3, 0.4) is 0 Å². The van der Waals surface area contributed by atoms with Crippen molar-refractivity contribution in [2.45, 2.75) is 161 Å². The smallest absolute Gasteiger partial charge is 0.316 e. The van der Waals surface area contributed by atoms with E-state index in [4.69, 9.17) is 28.2 Å². The summed E-state index contributed by atoms with van der Waals surface area (Å²) < 4.78 is 33.9. The van der Waals surface area contributed by atoms with Gasteiger partial charge in [0.1, 0.15) is 30.8 Å². The molecule has 296 valence electrons. The number of allylic oxidation sites excluding steroid dienone is 5. The number of oxime groups is 1. The number of carbonyl (C=O) groups is 1. The number of ether oxygens (including phenoxy) is 4. The Labute approximate surface area is 320 Å². The molecule has 1 N–H and O–H groups in total.